The van der Waals surface area contributed by atoms with Crippen molar-refractivity contribution < 1.29 is 14.6 Å². The number of carboxylic acid groups (broad SMARTS) is 1. The molecule has 0 rings (SSSR count). The van der Waals surface area contributed by atoms with Gasteiger partial charge in [0, 0.05) is 0 Å². The van der Waals surface area contributed by atoms with E-state index in [0.29, 0.717) is 6.42 Å². The van der Waals surface area contributed by atoms with Gasteiger partial charge < -0.3 is 15.5 Å². The van der Waals surface area contributed by atoms with Crippen molar-refractivity contribution in [1.82, 2.24) is 0 Å². The molecule has 0 saturated carbocycles. The average Bonchev–Trinajstić information content (AvgIpc) is 1.97. The first-order valence-electron chi connectivity index (χ1n) is 3.21. The van der Waals surface area contributed by atoms with Gasteiger partial charge in [0.2, 0.25) is 0 Å². The molecule has 1 atom stereocenters. The largest absolute Gasteiger partial charge is 0.481 e. The fourth-order valence-corrected chi connectivity index (χ4v) is 0.566. The molecule has 0 amide bonds. The number of allylic oxidation sites excluding steroid dienone is 1. The van der Waals surface area contributed by atoms with Crippen molar-refractivity contribution in [2.75, 3.05) is 6.73 Å². The van der Waals surface area contributed by atoms with E-state index >= 15 is 0 Å². The highest BCUT2D eigenvalue weighted by molar-refractivity contribution is 6.36. The first-order chi connectivity index (χ1) is 5.22. The zero-order chi connectivity index (χ0) is 8.69. The lowest BCUT2D eigenvalue weighted by Crippen LogP contribution is -2.19. The van der Waals surface area contributed by atoms with E-state index in [1.54, 1.807) is 0 Å². The third kappa shape index (κ3) is 4.58. The number of aliphatic carboxylic acids is 1. The smallest absolute Gasteiger partial charge is 0.309 e. The number of carboxylic acids is 1. The van der Waals surface area contributed by atoms with Gasteiger partial charge >= 0.3 is 13.5 Å². The van der Waals surface area contributed by atoms with Crippen LogP contribution >= 0.6 is 0 Å². The quantitative estimate of drug-likeness (QED) is 0.322. The Labute approximate surface area is 66.3 Å². The van der Waals surface area contributed by atoms with E-state index in [9.17, 15) is 4.79 Å². The van der Waals surface area contributed by atoms with Crippen LogP contribution in [0.2, 0.25) is 5.82 Å². The summed E-state index contributed by atoms with van der Waals surface area (Å²) in [5.41, 5.74) is 5.00. The predicted molar refractivity (Wildman–Crippen MR) is 42.1 cm³/mol. The van der Waals surface area contributed by atoms with Crippen LogP contribution in [0.15, 0.2) is 12.7 Å². The van der Waals surface area contributed by atoms with Crippen molar-refractivity contribution in [3.63, 3.8) is 0 Å². The summed E-state index contributed by atoms with van der Waals surface area (Å²) in [4.78, 5) is 10.4. The standard InChI is InChI=1S/C6H11BNO3/c1-2-3-5(6(9)10)7-11-4-8/h2,5H,1,3-4,8H2,(H,9,10)/t5-/m0/s1. The Morgan fingerprint density at radius 3 is 2.91 bits per heavy atom. The van der Waals surface area contributed by atoms with Crippen LogP contribution in [0, 0.1) is 0 Å². The van der Waals surface area contributed by atoms with Gasteiger partial charge in [-0.2, -0.15) is 0 Å². The third-order valence-electron chi connectivity index (χ3n) is 1.09. The van der Waals surface area contributed by atoms with Crippen LogP contribution < -0.4 is 5.73 Å². The molecule has 0 aromatic heterocycles. The van der Waals surface area contributed by atoms with Gasteiger partial charge in [0.15, 0.2) is 0 Å². The first kappa shape index (κ1) is 10.2. The van der Waals surface area contributed by atoms with Crippen LogP contribution in [-0.4, -0.2) is 25.3 Å². The molecule has 0 spiro atoms. The minimum absolute atomic E-state index is 0.000916. The van der Waals surface area contributed by atoms with E-state index in [4.69, 9.17) is 10.8 Å². The molecule has 0 fully saturated rings. The van der Waals surface area contributed by atoms with Crippen molar-refractivity contribution >= 4 is 13.5 Å². The second-order valence-corrected chi connectivity index (χ2v) is 1.94. The van der Waals surface area contributed by atoms with Crippen molar-refractivity contribution in [1.29, 1.82) is 0 Å². The van der Waals surface area contributed by atoms with Gasteiger partial charge in [-0.15, -0.1) is 6.58 Å². The molecule has 0 saturated heterocycles. The number of hydrogen-bond acceptors (Lipinski definition) is 3. The van der Waals surface area contributed by atoms with E-state index in [-0.39, 0.29) is 6.73 Å². The molecule has 0 aromatic carbocycles. The van der Waals surface area contributed by atoms with E-state index in [1.807, 2.05) is 0 Å². The minimum Gasteiger partial charge on any atom is -0.481 e. The van der Waals surface area contributed by atoms with E-state index in [2.05, 4.69) is 11.2 Å². The van der Waals surface area contributed by atoms with Crippen LogP contribution in [0.3, 0.4) is 0 Å². The van der Waals surface area contributed by atoms with Gasteiger partial charge in [0.05, 0.1) is 12.5 Å². The molecule has 3 N–H and O–H groups in total. The summed E-state index contributed by atoms with van der Waals surface area (Å²) < 4.78 is 4.63. The second kappa shape index (κ2) is 5.94. The second-order valence-electron chi connectivity index (χ2n) is 1.94. The Hall–Kier alpha value is -0.805. The number of nitrogens with two attached hydrogens (primary N) is 1. The number of rotatable bonds is 6. The summed E-state index contributed by atoms with van der Waals surface area (Å²) in [6.45, 7) is 3.42. The van der Waals surface area contributed by atoms with Gasteiger partial charge in [-0.1, -0.05) is 6.08 Å². The minimum atomic E-state index is -0.932. The number of hydrogen-bond donors (Lipinski definition) is 2. The Bertz CT molecular complexity index is 140. The fraction of sp³-hybridized carbons (Fsp3) is 0.500. The molecule has 0 aromatic rings. The zero-order valence-corrected chi connectivity index (χ0v) is 6.19. The normalized spacial score (nSPS) is 12.1. The maximum Gasteiger partial charge on any atom is 0.309 e. The SMILES string of the molecule is C=CC[C@H]([B]OCN)C(=O)O. The first-order valence-corrected chi connectivity index (χ1v) is 3.21. The Kier molecular flexibility index (Phi) is 5.51. The molecule has 61 valence electrons. The molecule has 5 heteroatoms. The fourth-order valence-electron chi connectivity index (χ4n) is 0.566. The number of carbonyl (C=O) groups is 1. The monoisotopic (exact) mass is 156 g/mol. The maximum absolute atomic E-state index is 10.4. The highest BCUT2D eigenvalue weighted by Crippen LogP contribution is 2.09. The van der Waals surface area contributed by atoms with Gasteiger partial charge in [-0.3, -0.25) is 4.79 Å². The summed E-state index contributed by atoms with van der Waals surface area (Å²) in [6, 6.07) is 0. The molecule has 11 heavy (non-hydrogen) atoms. The van der Waals surface area contributed by atoms with E-state index < -0.39 is 11.8 Å². The Morgan fingerprint density at radius 1 is 1.91 bits per heavy atom. The lowest BCUT2D eigenvalue weighted by atomic mass is 9.78. The van der Waals surface area contributed by atoms with Crippen molar-refractivity contribution in [2.24, 2.45) is 5.73 Å². The van der Waals surface area contributed by atoms with Crippen molar-refractivity contribution in [2.45, 2.75) is 12.2 Å². The summed E-state index contributed by atoms with van der Waals surface area (Å²) >= 11 is 0. The highest BCUT2D eigenvalue weighted by Gasteiger charge is 2.17. The molecule has 0 unspecified atom stereocenters. The van der Waals surface area contributed by atoms with Crippen molar-refractivity contribution in [3.8, 4) is 0 Å². The van der Waals surface area contributed by atoms with Gasteiger partial charge in [-0.25, -0.2) is 0 Å². The highest BCUT2D eigenvalue weighted by atomic mass is 16.4. The summed E-state index contributed by atoms with van der Waals surface area (Å²) in [5.74, 6) is -1.57. The molecule has 0 bridgehead atoms. The Morgan fingerprint density at radius 2 is 2.55 bits per heavy atom. The topological polar surface area (TPSA) is 72.5 Å². The summed E-state index contributed by atoms with van der Waals surface area (Å²) in [7, 11) is 1.21. The van der Waals surface area contributed by atoms with Crippen LogP contribution in [0.1, 0.15) is 6.42 Å². The third-order valence-corrected chi connectivity index (χ3v) is 1.09. The van der Waals surface area contributed by atoms with Crippen LogP contribution in [-0.2, 0) is 9.45 Å². The maximum atomic E-state index is 10.4. The van der Waals surface area contributed by atoms with Gasteiger partial charge in [-0.05, 0) is 6.42 Å². The van der Waals surface area contributed by atoms with E-state index in [1.165, 1.54) is 13.6 Å². The van der Waals surface area contributed by atoms with Crippen molar-refractivity contribution in [3.05, 3.63) is 12.7 Å². The van der Waals surface area contributed by atoms with Crippen LogP contribution in [0.4, 0.5) is 0 Å². The lowest BCUT2D eigenvalue weighted by Gasteiger charge is -2.06. The van der Waals surface area contributed by atoms with Gasteiger partial charge in [0.1, 0.15) is 0 Å². The average molecular weight is 156 g/mol. The van der Waals surface area contributed by atoms with E-state index in [0.717, 1.165) is 0 Å². The van der Waals surface area contributed by atoms with Gasteiger partial charge in [0.25, 0.3) is 0 Å². The molecular formula is C6H11BNO3. The Balaban J connectivity index is 3.69. The predicted octanol–water partition coefficient (Wildman–Crippen LogP) is -0.0124. The zero-order valence-electron chi connectivity index (χ0n) is 6.19. The molecule has 0 aliphatic carbocycles. The summed E-state index contributed by atoms with van der Waals surface area (Å²) in [5, 5.41) is 8.53. The molecular weight excluding hydrogens is 145 g/mol. The molecule has 4 nitrogen and oxygen atoms in total. The van der Waals surface area contributed by atoms with Crippen LogP contribution in [0.25, 0.3) is 0 Å². The summed E-state index contributed by atoms with van der Waals surface area (Å²) in [6.07, 6.45) is 1.88. The lowest BCUT2D eigenvalue weighted by molar-refractivity contribution is -0.137. The molecule has 1 radical (unpaired) electrons. The molecule has 0 aliphatic heterocycles. The molecule has 0 heterocycles. The van der Waals surface area contributed by atoms with Crippen LogP contribution in [0.5, 0.6) is 0 Å². The molecule has 0 aliphatic rings.